The van der Waals surface area contributed by atoms with Gasteiger partial charge in [-0.15, -0.1) is 0 Å². The van der Waals surface area contributed by atoms with Crippen LogP contribution in [-0.2, 0) is 0 Å². The van der Waals surface area contributed by atoms with Crippen molar-refractivity contribution in [3.05, 3.63) is 18.3 Å². The van der Waals surface area contributed by atoms with Gasteiger partial charge in [-0.25, -0.2) is 4.98 Å². The molecule has 2 N–H and O–H groups in total. The second-order valence-corrected chi connectivity index (χ2v) is 5.44. The molecule has 1 aliphatic rings. The zero-order valence-corrected chi connectivity index (χ0v) is 13.1. The number of nitrogens with zero attached hydrogens (tertiary/aromatic N) is 3. The fourth-order valence-electron chi connectivity index (χ4n) is 2.77. The van der Waals surface area contributed by atoms with Crippen LogP contribution in [-0.4, -0.2) is 55.8 Å². The summed E-state index contributed by atoms with van der Waals surface area (Å²) in [5, 5.41) is 0. The topological polar surface area (TPSA) is 54.6 Å². The van der Waals surface area contributed by atoms with E-state index in [1.54, 1.807) is 0 Å². The molecule has 0 unspecified atom stereocenters. The lowest BCUT2D eigenvalue weighted by atomic mass is 10.3. The lowest BCUT2D eigenvalue weighted by molar-refractivity contribution is 0.287. The Morgan fingerprint density at radius 1 is 1.24 bits per heavy atom. The van der Waals surface area contributed by atoms with Gasteiger partial charge in [0.15, 0.2) is 11.6 Å². The minimum Gasteiger partial charge on any atom is -0.490 e. The Balaban J connectivity index is 1.93. The highest BCUT2D eigenvalue weighted by molar-refractivity contribution is 5.52. The molecule has 0 atom stereocenters. The summed E-state index contributed by atoms with van der Waals surface area (Å²) in [5.41, 5.74) is 5.57. The predicted molar refractivity (Wildman–Crippen MR) is 87.0 cm³/mol. The molecule has 5 nitrogen and oxygen atoms in total. The van der Waals surface area contributed by atoms with Crippen molar-refractivity contribution in [3.8, 4) is 5.75 Å². The SMILES string of the molecule is CCOc1cccnc1N1CCCN(CCCCN)CC1. The Bertz CT molecular complexity index is 413. The molecule has 0 amide bonds. The van der Waals surface area contributed by atoms with Crippen LogP contribution in [0.2, 0.25) is 0 Å². The smallest absolute Gasteiger partial charge is 0.171 e. The zero-order valence-electron chi connectivity index (χ0n) is 13.1. The van der Waals surface area contributed by atoms with E-state index in [1.165, 1.54) is 12.8 Å². The van der Waals surface area contributed by atoms with E-state index in [2.05, 4.69) is 14.8 Å². The average molecular weight is 292 g/mol. The summed E-state index contributed by atoms with van der Waals surface area (Å²) in [6.07, 6.45) is 5.34. The Morgan fingerprint density at radius 3 is 2.95 bits per heavy atom. The van der Waals surface area contributed by atoms with E-state index in [1.807, 2.05) is 25.3 Å². The number of aromatic nitrogens is 1. The van der Waals surface area contributed by atoms with E-state index in [9.17, 15) is 0 Å². The lowest BCUT2D eigenvalue weighted by Crippen LogP contribution is -2.32. The van der Waals surface area contributed by atoms with Crippen molar-refractivity contribution in [2.24, 2.45) is 5.73 Å². The summed E-state index contributed by atoms with van der Waals surface area (Å²) < 4.78 is 5.71. The fourth-order valence-corrected chi connectivity index (χ4v) is 2.77. The molecular weight excluding hydrogens is 264 g/mol. The molecule has 0 saturated carbocycles. The van der Waals surface area contributed by atoms with Crippen molar-refractivity contribution in [2.45, 2.75) is 26.2 Å². The van der Waals surface area contributed by atoms with Gasteiger partial charge in [0.05, 0.1) is 6.61 Å². The van der Waals surface area contributed by atoms with Crippen LogP contribution in [0, 0.1) is 0 Å². The van der Waals surface area contributed by atoms with Gasteiger partial charge in [-0.3, -0.25) is 0 Å². The zero-order chi connectivity index (χ0) is 14.9. The molecular formula is C16H28N4O. The molecule has 1 aromatic rings. The summed E-state index contributed by atoms with van der Waals surface area (Å²) in [5.74, 6) is 1.89. The minimum absolute atomic E-state index is 0.678. The number of hydrogen-bond acceptors (Lipinski definition) is 5. The average Bonchev–Trinajstić information content (AvgIpc) is 2.74. The molecule has 5 heteroatoms. The molecule has 1 fully saturated rings. The molecule has 0 spiro atoms. The maximum Gasteiger partial charge on any atom is 0.171 e. The fraction of sp³-hybridized carbons (Fsp3) is 0.688. The molecule has 0 radical (unpaired) electrons. The maximum atomic E-state index is 5.71. The molecule has 118 valence electrons. The molecule has 2 rings (SSSR count). The monoisotopic (exact) mass is 292 g/mol. The third kappa shape index (κ3) is 4.86. The first-order valence-electron chi connectivity index (χ1n) is 8.10. The van der Waals surface area contributed by atoms with Gasteiger partial charge in [-0.05, 0) is 58.0 Å². The highest BCUT2D eigenvalue weighted by Crippen LogP contribution is 2.26. The Hall–Kier alpha value is -1.33. The van der Waals surface area contributed by atoms with E-state index in [0.29, 0.717) is 6.61 Å². The predicted octanol–water partition coefficient (Wildman–Crippen LogP) is 1.73. The minimum atomic E-state index is 0.678. The molecule has 1 saturated heterocycles. The summed E-state index contributed by atoms with van der Waals surface area (Å²) in [4.78, 5) is 9.42. The van der Waals surface area contributed by atoms with Gasteiger partial charge in [0.2, 0.25) is 0 Å². The number of ether oxygens (including phenoxy) is 1. The van der Waals surface area contributed by atoms with E-state index >= 15 is 0 Å². The molecule has 0 aromatic carbocycles. The maximum absolute atomic E-state index is 5.71. The van der Waals surface area contributed by atoms with Crippen LogP contribution in [0.5, 0.6) is 5.75 Å². The van der Waals surface area contributed by atoms with Crippen molar-refractivity contribution in [1.29, 1.82) is 0 Å². The third-order valence-corrected chi connectivity index (χ3v) is 3.87. The lowest BCUT2D eigenvalue weighted by Gasteiger charge is -2.24. The van der Waals surface area contributed by atoms with Gasteiger partial charge in [0.25, 0.3) is 0 Å². The highest BCUT2D eigenvalue weighted by atomic mass is 16.5. The van der Waals surface area contributed by atoms with Gasteiger partial charge in [-0.1, -0.05) is 0 Å². The first kappa shape index (κ1) is 16.0. The van der Waals surface area contributed by atoms with Crippen molar-refractivity contribution in [1.82, 2.24) is 9.88 Å². The van der Waals surface area contributed by atoms with Crippen molar-refractivity contribution in [3.63, 3.8) is 0 Å². The van der Waals surface area contributed by atoms with Crippen LogP contribution < -0.4 is 15.4 Å². The van der Waals surface area contributed by atoms with Crippen LogP contribution in [0.3, 0.4) is 0 Å². The number of pyridine rings is 1. The van der Waals surface area contributed by atoms with Crippen LogP contribution >= 0.6 is 0 Å². The summed E-state index contributed by atoms with van der Waals surface area (Å²) in [7, 11) is 0. The van der Waals surface area contributed by atoms with Gasteiger partial charge >= 0.3 is 0 Å². The Kier molecular flexibility index (Phi) is 6.76. The van der Waals surface area contributed by atoms with Gasteiger partial charge < -0.3 is 20.3 Å². The van der Waals surface area contributed by atoms with Crippen molar-refractivity contribution in [2.75, 3.05) is 50.8 Å². The summed E-state index contributed by atoms with van der Waals surface area (Å²) >= 11 is 0. The van der Waals surface area contributed by atoms with E-state index in [4.69, 9.17) is 10.5 Å². The molecule has 0 bridgehead atoms. The number of hydrogen-bond donors (Lipinski definition) is 1. The second-order valence-electron chi connectivity index (χ2n) is 5.44. The number of unbranched alkanes of at least 4 members (excludes halogenated alkanes) is 1. The second kappa shape index (κ2) is 8.85. The Labute approximate surface area is 128 Å². The largest absolute Gasteiger partial charge is 0.490 e. The third-order valence-electron chi connectivity index (χ3n) is 3.87. The van der Waals surface area contributed by atoms with Crippen LogP contribution in [0.25, 0.3) is 0 Å². The van der Waals surface area contributed by atoms with E-state index in [0.717, 1.165) is 57.3 Å². The van der Waals surface area contributed by atoms with E-state index < -0.39 is 0 Å². The van der Waals surface area contributed by atoms with Gasteiger partial charge in [-0.2, -0.15) is 0 Å². The van der Waals surface area contributed by atoms with Gasteiger partial charge in [0.1, 0.15) is 0 Å². The van der Waals surface area contributed by atoms with Gasteiger partial charge in [0, 0.05) is 25.8 Å². The van der Waals surface area contributed by atoms with E-state index in [-0.39, 0.29) is 0 Å². The van der Waals surface area contributed by atoms with Crippen LogP contribution in [0.4, 0.5) is 5.82 Å². The normalized spacial score (nSPS) is 16.8. The first-order valence-corrected chi connectivity index (χ1v) is 8.10. The molecule has 1 aromatic heterocycles. The van der Waals surface area contributed by atoms with Crippen LogP contribution in [0.15, 0.2) is 18.3 Å². The summed E-state index contributed by atoms with van der Waals surface area (Å²) in [6, 6.07) is 3.95. The molecule has 21 heavy (non-hydrogen) atoms. The van der Waals surface area contributed by atoms with Crippen LogP contribution in [0.1, 0.15) is 26.2 Å². The number of anilines is 1. The number of rotatable bonds is 7. The number of nitrogens with two attached hydrogens (primary N) is 1. The quantitative estimate of drug-likeness (QED) is 0.776. The molecule has 0 aliphatic carbocycles. The first-order chi connectivity index (χ1) is 10.3. The standard InChI is InChI=1S/C16H28N4O/c1-2-21-15-7-5-9-18-16(15)20-12-6-11-19(13-14-20)10-4-3-8-17/h5,7,9H,2-4,6,8,10-14,17H2,1H3. The van der Waals surface area contributed by atoms with Crippen molar-refractivity contribution < 1.29 is 4.74 Å². The van der Waals surface area contributed by atoms with Crippen molar-refractivity contribution >= 4 is 5.82 Å². The highest BCUT2D eigenvalue weighted by Gasteiger charge is 2.18. The molecule has 2 heterocycles. The summed E-state index contributed by atoms with van der Waals surface area (Å²) in [6.45, 7) is 8.96. The Morgan fingerprint density at radius 2 is 2.14 bits per heavy atom. The molecule has 1 aliphatic heterocycles.